The van der Waals surface area contributed by atoms with E-state index in [0.29, 0.717) is 37.3 Å². The summed E-state index contributed by atoms with van der Waals surface area (Å²) < 4.78 is 15.6. The lowest BCUT2D eigenvalue weighted by atomic mass is 10.1. The summed E-state index contributed by atoms with van der Waals surface area (Å²) >= 11 is 0. The van der Waals surface area contributed by atoms with Crippen LogP contribution in [0, 0.1) is 0 Å². The maximum Gasteiger partial charge on any atom is 0.412 e. The lowest BCUT2D eigenvalue weighted by molar-refractivity contribution is -0.147. The molecule has 0 aliphatic carbocycles. The van der Waals surface area contributed by atoms with E-state index in [9.17, 15) is 19.2 Å². The second-order valence-electron chi connectivity index (χ2n) is 8.70. The molecule has 10 heteroatoms. The van der Waals surface area contributed by atoms with Crippen LogP contribution in [-0.2, 0) is 20.7 Å². The van der Waals surface area contributed by atoms with Crippen LogP contribution in [0.1, 0.15) is 24.8 Å². The number of unbranched alkanes of at least 4 members (excludes halogenated alkanes) is 1. The van der Waals surface area contributed by atoms with Crippen LogP contribution in [0.4, 0.5) is 9.59 Å². The van der Waals surface area contributed by atoms with Crippen LogP contribution in [0.2, 0.25) is 0 Å². The molecule has 0 aliphatic heterocycles. The maximum absolute atomic E-state index is 12.8. The summed E-state index contributed by atoms with van der Waals surface area (Å²) in [4.78, 5) is 49.2. The average molecular weight is 548 g/mol. The first-order chi connectivity index (χ1) is 19.5. The van der Waals surface area contributed by atoms with Gasteiger partial charge in [0.15, 0.2) is 0 Å². The summed E-state index contributed by atoms with van der Waals surface area (Å²) in [5.74, 6) is -0.105. The standard InChI is InChI=1S/C30H33N3O7/c34-27(22-23-12-4-1-5-13-23)33-26(18-10-11-19-31-29(36)39-24-14-6-2-7-15-24)28(35)38-21-20-32-30(37)40-25-16-8-3-9-17-25/h1-9,12-17,26H,10-11,18-22H2,(H,31,36)(H,32,37)(H,33,34). The molecule has 10 nitrogen and oxygen atoms in total. The summed E-state index contributed by atoms with van der Waals surface area (Å²) in [7, 11) is 0. The van der Waals surface area contributed by atoms with E-state index in [1.807, 2.05) is 36.4 Å². The van der Waals surface area contributed by atoms with Crippen LogP contribution >= 0.6 is 0 Å². The normalized spacial score (nSPS) is 11.0. The maximum atomic E-state index is 12.8. The third-order valence-electron chi connectivity index (χ3n) is 5.54. The third-order valence-corrected chi connectivity index (χ3v) is 5.54. The Balaban J connectivity index is 1.41. The van der Waals surface area contributed by atoms with Crippen molar-refractivity contribution in [3.8, 4) is 11.5 Å². The van der Waals surface area contributed by atoms with Gasteiger partial charge in [0.2, 0.25) is 5.91 Å². The summed E-state index contributed by atoms with van der Waals surface area (Å²) in [5.41, 5.74) is 0.814. The van der Waals surface area contributed by atoms with E-state index < -0.39 is 24.2 Å². The number of ether oxygens (including phenoxy) is 3. The topological polar surface area (TPSA) is 132 Å². The Kier molecular flexibility index (Phi) is 12.5. The van der Waals surface area contributed by atoms with Crippen LogP contribution in [0.3, 0.4) is 0 Å². The van der Waals surface area contributed by atoms with E-state index in [0.717, 1.165) is 5.56 Å². The van der Waals surface area contributed by atoms with Gasteiger partial charge in [-0.15, -0.1) is 0 Å². The molecule has 0 fully saturated rings. The number of benzene rings is 3. The molecule has 1 atom stereocenters. The van der Waals surface area contributed by atoms with Gasteiger partial charge in [0.1, 0.15) is 24.1 Å². The molecule has 3 aromatic rings. The minimum absolute atomic E-state index is 0.0372. The second kappa shape index (κ2) is 16.9. The van der Waals surface area contributed by atoms with Gasteiger partial charge in [-0.2, -0.15) is 0 Å². The largest absolute Gasteiger partial charge is 0.462 e. The van der Waals surface area contributed by atoms with Gasteiger partial charge < -0.3 is 30.2 Å². The van der Waals surface area contributed by atoms with Gasteiger partial charge in [-0.25, -0.2) is 14.4 Å². The Bertz CT molecular complexity index is 1210. The highest BCUT2D eigenvalue weighted by atomic mass is 16.6. The number of nitrogens with one attached hydrogen (secondary N) is 3. The first-order valence-electron chi connectivity index (χ1n) is 13.0. The zero-order valence-corrected chi connectivity index (χ0v) is 22.0. The van der Waals surface area contributed by atoms with Gasteiger partial charge >= 0.3 is 18.2 Å². The van der Waals surface area contributed by atoms with E-state index in [2.05, 4.69) is 16.0 Å². The summed E-state index contributed by atoms with van der Waals surface area (Å²) in [5, 5.41) is 7.91. The molecule has 40 heavy (non-hydrogen) atoms. The Morgan fingerprint density at radius 3 is 1.75 bits per heavy atom. The van der Waals surface area contributed by atoms with Crippen molar-refractivity contribution in [2.45, 2.75) is 31.7 Å². The molecule has 0 heterocycles. The van der Waals surface area contributed by atoms with Crippen molar-refractivity contribution in [1.29, 1.82) is 0 Å². The smallest absolute Gasteiger partial charge is 0.412 e. The molecule has 0 aliphatic rings. The quantitative estimate of drug-likeness (QED) is 0.205. The van der Waals surface area contributed by atoms with Crippen LogP contribution in [0.5, 0.6) is 11.5 Å². The monoisotopic (exact) mass is 547 g/mol. The molecule has 3 aromatic carbocycles. The number of rotatable bonds is 14. The first-order valence-corrected chi connectivity index (χ1v) is 13.0. The molecule has 0 radical (unpaired) electrons. The van der Waals surface area contributed by atoms with Gasteiger partial charge in [0, 0.05) is 6.54 Å². The van der Waals surface area contributed by atoms with Crippen molar-refractivity contribution in [3.05, 3.63) is 96.6 Å². The van der Waals surface area contributed by atoms with Gasteiger partial charge in [-0.1, -0.05) is 66.7 Å². The molecule has 3 rings (SSSR count). The van der Waals surface area contributed by atoms with Gasteiger partial charge in [-0.05, 0) is 49.1 Å². The predicted molar refractivity (Wildman–Crippen MR) is 148 cm³/mol. The fourth-order valence-electron chi connectivity index (χ4n) is 3.61. The number of amides is 3. The van der Waals surface area contributed by atoms with E-state index in [-0.39, 0.29) is 25.5 Å². The van der Waals surface area contributed by atoms with E-state index in [1.165, 1.54) is 0 Å². The molecule has 3 amide bonds. The van der Waals surface area contributed by atoms with Crippen molar-refractivity contribution >= 4 is 24.1 Å². The van der Waals surface area contributed by atoms with E-state index >= 15 is 0 Å². The molecule has 0 aromatic heterocycles. The second-order valence-corrected chi connectivity index (χ2v) is 8.70. The zero-order chi connectivity index (χ0) is 28.4. The summed E-state index contributed by atoms with van der Waals surface area (Å²) in [6.07, 6.45) is 0.251. The Morgan fingerprint density at radius 2 is 1.18 bits per heavy atom. The summed E-state index contributed by atoms with van der Waals surface area (Å²) in [6, 6.07) is 25.6. The van der Waals surface area contributed by atoms with Crippen molar-refractivity contribution in [2.75, 3.05) is 19.7 Å². The zero-order valence-electron chi connectivity index (χ0n) is 22.0. The highest BCUT2D eigenvalue weighted by Gasteiger charge is 2.22. The van der Waals surface area contributed by atoms with Crippen molar-refractivity contribution in [3.63, 3.8) is 0 Å². The summed E-state index contributed by atoms with van der Waals surface area (Å²) in [6.45, 7) is 0.273. The van der Waals surface area contributed by atoms with Crippen molar-refractivity contribution in [2.24, 2.45) is 0 Å². The molecular formula is C30H33N3O7. The number of para-hydroxylation sites is 2. The first kappa shape index (κ1) is 29.7. The van der Waals surface area contributed by atoms with Gasteiger partial charge in [-0.3, -0.25) is 4.79 Å². The Morgan fingerprint density at radius 1 is 0.650 bits per heavy atom. The fraction of sp³-hybridized carbons (Fsp3) is 0.267. The molecule has 1 unspecified atom stereocenters. The Labute approximate surface area is 233 Å². The van der Waals surface area contributed by atoms with Crippen molar-refractivity contribution in [1.82, 2.24) is 16.0 Å². The van der Waals surface area contributed by atoms with E-state index in [1.54, 1.807) is 54.6 Å². The highest BCUT2D eigenvalue weighted by Crippen LogP contribution is 2.10. The number of esters is 1. The lowest BCUT2D eigenvalue weighted by Gasteiger charge is -2.18. The molecule has 0 saturated carbocycles. The third kappa shape index (κ3) is 11.7. The minimum atomic E-state index is -0.885. The molecule has 0 bridgehead atoms. The minimum Gasteiger partial charge on any atom is -0.462 e. The fourth-order valence-corrected chi connectivity index (χ4v) is 3.61. The molecule has 3 N–H and O–H groups in total. The van der Waals surface area contributed by atoms with E-state index in [4.69, 9.17) is 14.2 Å². The highest BCUT2D eigenvalue weighted by molar-refractivity contribution is 5.85. The van der Waals surface area contributed by atoms with Crippen molar-refractivity contribution < 1.29 is 33.4 Å². The van der Waals surface area contributed by atoms with Gasteiger partial charge in [0.25, 0.3) is 0 Å². The van der Waals surface area contributed by atoms with Crippen LogP contribution in [0.15, 0.2) is 91.0 Å². The number of hydrogen-bond acceptors (Lipinski definition) is 7. The number of carbonyl (C=O) groups excluding carboxylic acids is 4. The molecule has 0 saturated heterocycles. The van der Waals surface area contributed by atoms with Crippen LogP contribution in [0.25, 0.3) is 0 Å². The van der Waals surface area contributed by atoms with Crippen LogP contribution in [-0.4, -0.2) is 49.8 Å². The molecular weight excluding hydrogens is 514 g/mol. The predicted octanol–water partition coefficient (Wildman–Crippen LogP) is 4.00. The lowest BCUT2D eigenvalue weighted by Crippen LogP contribution is -2.43. The number of hydrogen-bond donors (Lipinski definition) is 3. The Hall–Kier alpha value is -4.86. The molecule has 0 spiro atoms. The molecule has 210 valence electrons. The van der Waals surface area contributed by atoms with Gasteiger partial charge in [0.05, 0.1) is 13.0 Å². The SMILES string of the molecule is O=C(Cc1ccccc1)NC(CCCCNC(=O)Oc1ccccc1)C(=O)OCCNC(=O)Oc1ccccc1. The number of carbonyl (C=O) groups is 4. The van der Waals surface area contributed by atoms with Crippen LogP contribution < -0.4 is 25.4 Å². The average Bonchev–Trinajstić information content (AvgIpc) is 2.96.